The van der Waals surface area contributed by atoms with Gasteiger partial charge in [0.05, 0.1) is 0 Å². The summed E-state index contributed by atoms with van der Waals surface area (Å²) in [5, 5.41) is 23.9. The highest BCUT2D eigenvalue weighted by molar-refractivity contribution is 6.33. The number of benzene rings is 10. The highest BCUT2D eigenvalue weighted by atomic mass is 35.5. The number of hydrogen-bond donors (Lipinski definition) is 1. The maximum absolute atomic E-state index is 13.6. The third-order valence-corrected chi connectivity index (χ3v) is 26.6. The molecule has 22 rings (SSSR count). The third kappa shape index (κ3) is 23.1. The lowest BCUT2D eigenvalue weighted by atomic mass is 9.89. The molecule has 0 aliphatic carbocycles. The van der Waals surface area contributed by atoms with Crippen LogP contribution in [0.25, 0.3) is 67.8 Å². The molecular weight excluding hydrogens is 1890 g/mol. The van der Waals surface area contributed by atoms with Crippen LogP contribution in [-0.2, 0) is 0 Å². The second kappa shape index (κ2) is 44.6. The van der Waals surface area contributed by atoms with Crippen molar-refractivity contribution in [3.8, 4) is 79.6 Å². The molecule has 15 aromatic rings. The molecule has 7 aliphatic rings. The van der Waals surface area contributed by atoms with Gasteiger partial charge in [0.2, 0.25) is 13.6 Å². The Bertz CT molecular complexity index is 7140. The van der Waals surface area contributed by atoms with Gasteiger partial charge in [0, 0.05) is 151 Å². The fraction of sp³-hybridized carbons (Fsp3) is 0.220. The molecule has 0 unspecified atom stereocenters. The lowest BCUT2D eigenvalue weighted by molar-refractivity contribution is 0.0695. The molecule has 0 bridgehead atoms. The number of aromatic nitrogens is 5. The van der Waals surface area contributed by atoms with Crippen molar-refractivity contribution in [2.45, 2.75) is 69.1 Å². The number of amides is 6. The van der Waals surface area contributed by atoms with Gasteiger partial charge in [-0.1, -0.05) is 188 Å². The minimum atomic E-state index is -0.340. The average Bonchev–Trinajstić information content (AvgIpc) is 1.67. The topological polar surface area (TPSA) is 298 Å². The first kappa shape index (κ1) is 96.6. The van der Waals surface area contributed by atoms with E-state index in [9.17, 15) is 46.3 Å². The predicted octanol–water partition coefficient (Wildman–Crippen LogP) is 23.0. The van der Waals surface area contributed by atoms with Crippen LogP contribution < -0.4 is 24.3 Å². The molecule has 3 fully saturated rings. The second-order valence-electron chi connectivity index (χ2n) is 34.4. The van der Waals surface area contributed by atoms with Crippen molar-refractivity contribution in [3.63, 3.8) is 0 Å². The van der Waals surface area contributed by atoms with Crippen molar-refractivity contribution in [1.29, 1.82) is 0 Å². The second-order valence-corrected chi connectivity index (χ2v) is 35.7. The number of nitrogens with one attached hydrogen (secondary N) is 1. The minimum Gasteiger partial charge on any atom is -0.454 e. The van der Waals surface area contributed by atoms with Gasteiger partial charge in [-0.05, 0) is 223 Å². The van der Waals surface area contributed by atoms with Crippen LogP contribution in [0, 0.1) is 23.3 Å². The number of fused-ring (bicyclic) bond motifs is 2. The number of rotatable bonds is 16. The van der Waals surface area contributed by atoms with Gasteiger partial charge in [0.25, 0.3) is 35.4 Å². The molecule has 142 heavy (non-hydrogen) atoms. The van der Waals surface area contributed by atoms with E-state index >= 15 is 0 Å². The van der Waals surface area contributed by atoms with E-state index in [0.29, 0.717) is 192 Å². The first-order valence-corrected chi connectivity index (χ1v) is 47.4. The predicted molar refractivity (Wildman–Crippen MR) is 523 cm³/mol. The average molecular weight is 1980 g/mol. The van der Waals surface area contributed by atoms with Crippen LogP contribution in [-0.4, -0.2) is 172 Å². The van der Waals surface area contributed by atoms with Gasteiger partial charge in [0.15, 0.2) is 80.3 Å². The highest BCUT2D eigenvalue weighted by Gasteiger charge is 2.34. The summed E-state index contributed by atoms with van der Waals surface area (Å²) >= 11 is 18.6. The van der Waals surface area contributed by atoms with Gasteiger partial charge in [-0.2, -0.15) is 0 Å². The molecule has 5 aromatic heterocycles. The Morgan fingerprint density at radius 2 is 0.655 bits per heavy atom. The Morgan fingerprint density at radius 1 is 0.317 bits per heavy atom. The van der Waals surface area contributed by atoms with Gasteiger partial charge < -0.3 is 71.4 Å². The van der Waals surface area contributed by atoms with E-state index in [1.165, 1.54) is 54.1 Å². The van der Waals surface area contributed by atoms with Gasteiger partial charge in [-0.25, -0.2) is 17.6 Å². The number of carbonyl (C=O) groups is 6. The maximum atomic E-state index is 13.6. The van der Waals surface area contributed by atoms with Crippen LogP contribution in [0.1, 0.15) is 160 Å². The molecule has 0 atom stereocenters. The monoisotopic (exact) mass is 1980 g/mol. The highest BCUT2D eigenvalue weighted by Crippen LogP contribution is 2.42. The summed E-state index contributed by atoms with van der Waals surface area (Å²) in [5.41, 5.74) is 12.3. The molecule has 10 aromatic carbocycles. The molecule has 0 saturated carbocycles. The fourth-order valence-corrected chi connectivity index (χ4v) is 18.6. The van der Waals surface area contributed by atoms with Gasteiger partial charge in [0.1, 0.15) is 23.3 Å². The Hall–Kier alpha value is -15.7. The van der Waals surface area contributed by atoms with Crippen LogP contribution >= 0.6 is 34.8 Å². The lowest BCUT2D eigenvalue weighted by Crippen LogP contribution is -2.38. The third-order valence-electron chi connectivity index (χ3n) is 25.6. The van der Waals surface area contributed by atoms with E-state index in [-0.39, 0.29) is 101 Å². The first-order chi connectivity index (χ1) is 69.1. The van der Waals surface area contributed by atoms with Crippen molar-refractivity contribution in [2.24, 2.45) is 0 Å². The zero-order chi connectivity index (χ0) is 98.3. The molecule has 12 heterocycles. The molecule has 1 N–H and O–H groups in total. The van der Waals surface area contributed by atoms with Crippen molar-refractivity contribution in [1.82, 2.24) is 55.6 Å². The van der Waals surface area contributed by atoms with Crippen molar-refractivity contribution in [2.75, 3.05) is 86.1 Å². The number of piperidine rings is 3. The molecule has 6 amide bonds. The van der Waals surface area contributed by atoms with Crippen LogP contribution in [0.2, 0.25) is 15.1 Å². The Morgan fingerprint density at radius 3 is 1.05 bits per heavy atom. The summed E-state index contributed by atoms with van der Waals surface area (Å²) in [5.74, 6) is 3.95. The van der Waals surface area contributed by atoms with E-state index in [0.717, 1.165) is 75.8 Å². The van der Waals surface area contributed by atoms with Crippen LogP contribution in [0.5, 0.6) is 23.0 Å². The van der Waals surface area contributed by atoms with Crippen molar-refractivity contribution in [3.05, 3.63) is 373 Å². The maximum Gasteiger partial charge on any atom is 0.276 e. The first-order valence-electron chi connectivity index (χ1n) is 46.2. The van der Waals surface area contributed by atoms with E-state index in [1.807, 2.05) is 102 Å². The number of nitrogens with zero attached hydrogens (tertiary/aromatic N) is 10. The van der Waals surface area contributed by atoms with Gasteiger partial charge in [-0.3, -0.25) is 28.8 Å². The molecule has 33 heteroatoms. The molecule has 722 valence electrons. The summed E-state index contributed by atoms with van der Waals surface area (Å²) < 4.78 is 102. The summed E-state index contributed by atoms with van der Waals surface area (Å²) in [4.78, 5) is 84.3. The molecule has 0 radical (unpaired) electrons. The molecular formula is C109H92Cl3F4N11O15. The summed E-state index contributed by atoms with van der Waals surface area (Å²) in [7, 11) is 1.59. The molecule has 0 spiro atoms. The SMILES string of the molecule is CNC(=O)c1ccc(-c2cc(C(=O)N3CCC(c4ccccc4)CC3)no2)cc1.O=C(c1cc(-c2ccc3c(c2)OCO3)on1)N1CC=C(c2cc(F)ccc2Cl)CC1.O=C(c1cc(-c2ccc3c(c2)OCO3)on1)N1CCC(c2cc(F)ccc2Cl)CC1.O=C(c1cc(-c2ccccc2)on1)N1CC=C(c2cc(F)ccc2Cl)CC1.O=C(c1cc(-c2ccccc2)on1)N1CCC(c2cccc(F)c2)CC1. The van der Waals surface area contributed by atoms with E-state index in [4.69, 9.17) is 76.4 Å². The Balaban J connectivity index is 0.000000117. The number of ether oxygens (including phenoxy) is 4. The fourth-order valence-electron chi connectivity index (χ4n) is 17.8. The minimum absolute atomic E-state index is 0.103. The smallest absolute Gasteiger partial charge is 0.276 e. The zero-order valence-electron chi connectivity index (χ0n) is 76.6. The lowest BCUT2D eigenvalue weighted by Gasteiger charge is -2.32. The molecule has 7 aliphatic heterocycles. The number of hydrogen-bond acceptors (Lipinski definition) is 20. The standard InChI is InChI=1S/C23H23N3O3.C22H18ClFN2O4.C22H16ClFN2O4.C21H16ClFN2O2.C21H19FN2O2/c1-24-22(27)19-9-7-18(8-10-19)21-15-20(25-29-21)23(28)26-13-11-17(12-14-26)16-5-3-2-4-6-16;2*23-17-3-2-15(24)10-16(17)13-5-7-26(8-6-13)22(27)18-11-20(30-25-18)14-1-4-19-21(9-14)29-12-28-19;22-18-7-6-16(23)12-17(18)14-8-10-25(11-9-14)21(26)19-13-20(27-24-19)15-4-2-1-3-5-15;22-18-8-4-7-17(13-18)15-9-11-24(12-10-15)21(25)19-14-20(26-23-19)16-5-2-1-3-6-16/h2-10,15,17H,11-14H2,1H3,(H,24,27);1-4,9-11,13H,5-8,12H2;1-5,9-11H,6-8,12H2;1-8,12-13H,9-11H2;1-8,13-15H,9-12H2. The molecule has 3 saturated heterocycles. The quantitative estimate of drug-likeness (QED) is 0.0879. The zero-order valence-corrected chi connectivity index (χ0v) is 78.9. The van der Waals surface area contributed by atoms with E-state index in [2.05, 4.69) is 55.4 Å². The van der Waals surface area contributed by atoms with Crippen molar-refractivity contribution >= 4 is 81.4 Å². The summed E-state index contributed by atoms with van der Waals surface area (Å²) in [6, 6.07) is 75.4. The van der Waals surface area contributed by atoms with Crippen LogP contribution in [0.3, 0.4) is 0 Å². The van der Waals surface area contributed by atoms with Crippen LogP contribution in [0.15, 0.2) is 296 Å². The van der Waals surface area contributed by atoms with Crippen molar-refractivity contribution < 1.29 is 87.9 Å². The summed E-state index contributed by atoms with van der Waals surface area (Å²) in [6.07, 6.45) is 9.91. The van der Waals surface area contributed by atoms with Gasteiger partial charge in [-0.15, -0.1) is 0 Å². The Kier molecular flexibility index (Phi) is 30.4. The van der Waals surface area contributed by atoms with Crippen LogP contribution in [0.4, 0.5) is 17.6 Å². The normalized spacial score (nSPS) is 15.1. The number of carbonyl (C=O) groups excluding carboxylic acids is 6. The van der Waals surface area contributed by atoms with Gasteiger partial charge >= 0.3 is 0 Å². The number of likely N-dealkylation sites (tertiary alicyclic amines) is 3. The largest absolute Gasteiger partial charge is 0.454 e. The van der Waals surface area contributed by atoms with E-state index < -0.39 is 0 Å². The molecule has 26 nitrogen and oxygen atoms in total. The Labute approximate surface area is 827 Å². The number of halogens is 7. The van der Waals surface area contributed by atoms with E-state index in [1.54, 1.807) is 130 Å². The summed E-state index contributed by atoms with van der Waals surface area (Å²) in [6.45, 7) is 5.92.